The van der Waals surface area contributed by atoms with Gasteiger partial charge in [-0.25, -0.2) is 4.79 Å². The molecule has 1 aliphatic heterocycles. The zero-order chi connectivity index (χ0) is 7.72. The molecular weight excluding hydrogens is 132 g/mol. The number of carboxylic acids is 1. The van der Waals surface area contributed by atoms with Gasteiger partial charge in [-0.15, -0.1) is 0 Å². The lowest BCUT2D eigenvalue weighted by Crippen LogP contribution is -2.54. The molecule has 0 bridgehead atoms. The highest BCUT2D eigenvalue weighted by Crippen LogP contribution is 2.16. The molecule has 1 heterocycles. The van der Waals surface area contributed by atoms with Gasteiger partial charge in [0.1, 0.15) is 6.04 Å². The lowest BCUT2D eigenvalue weighted by atomic mass is 10.0. The number of nitrogens with zero attached hydrogens (tertiary/aromatic N) is 1. The van der Waals surface area contributed by atoms with Crippen LogP contribution < -0.4 is 0 Å². The molecule has 0 aromatic heterocycles. The lowest BCUT2D eigenvalue weighted by Gasteiger charge is -2.38. The molecule has 56 valence electrons. The van der Waals surface area contributed by atoms with Gasteiger partial charge in [-0.2, -0.15) is 0 Å². The molecule has 1 aliphatic rings. The molecule has 10 heavy (non-hydrogen) atoms. The van der Waals surface area contributed by atoms with Gasteiger partial charge >= 0.3 is 5.97 Å². The van der Waals surface area contributed by atoms with E-state index in [2.05, 4.69) is 0 Å². The predicted molar refractivity (Wildman–Crippen MR) is 36.1 cm³/mol. The zero-order valence-electron chi connectivity index (χ0n) is 5.79. The fraction of sp³-hybridized carbons (Fsp3) is 0.667. The fourth-order valence-corrected chi connectivity index (χ4v) is 1.05. The van der Waals surface area contributed by atoms with Crippen molar-refractivity contribution < 1.29 is 9.90 Å². The molecular formula is C6H10N2O2. The fourth-order valence-electron chi connectivity index (χ4n) is 1.05. The van der Waals surface area contributed by atoms with Crippen molar-refractivity contribution in [3.05, 3.63) is 0 Å². The molecule has 1 atom stereocenters. The van der Waals surface area contributed by atoms with Crippen molar-refractivity contribution in [1.29, 1.82) is 5.41 Å². The van der Waals surface area contributed by atoms with E-state index in [1.54, 1.807) is 11.8 Å². The number of likely N-dealkylation sites (tertiary alicyclic amines) is 1. The van der Waals surface area contributed by atoms with Crippen molar-refractivity contribution >= 4 is 11.8 Å². The first-order valence-electron chi connectivity index (χ1n) is 3.17. The topological polar surface area (TPSA) is 64.4 Å². The molecule has 1 saturated heterocycles. The smallest absolute Gasteiger partial charge is 0.326 e. The summed E-state index contributed by atoms with van der Waals surface area (Å²) in [5, 5.41) is 15.7. The molecule has 0 aromatic carbocycles. The summed E-state index contributed by atoms with van der Waals surface area (Å²) in [4.78, 5) is 11.9. The summed E-state index contributed by atoms with van der Waals surface area (Å²) in [5.74, 6) is -0.475. The first-order valence-corrected chi connectivity index (χ1v) is 3.17. The third-order valence-electron chi connectivity index (χ3n) is 1.74. The van der Waals surface area contributed by atoms with Crippen LogP contribution in [-0.2, 0) is 4.79 Å². The molecule has 0 saturated carbocycles. The Balaban J connectivity index is 2.51. The molecule has 1 unspecified atom stereocenters. The number of rotatable bonds is 1. The Kier molecular flexibility index (Phi) is 1.61. The van der Waals surface area contributed by atoms with Crippen LogP contribution in [0.25, 0.3) is 0 Å². The number of carboxylic acid groups (broad SMARTS) is 1. The first-order chi connectivity index (χ1) is 4.63. The van der Waals surface area contributed by atoms with Crippen LogP contribution in [0.2, 0.25) is 0 Å². The highest BCUT2D eigenvalue weighted by atomic mass is 16.4. The normalized spacial score (nSPS) is 23.7. The third kappa shape index (κ3) is 0.964. The quantitative estimate of drug-likeness (QED) is 0.404. The van der Waals surface area contributed by atoms with E-state index in [1.807, 2.05) is 0 Å². The molecule has 0 amide bonds. The summed E-state index contributed by atoms with van der Waals surface area (Å²) in [6.45, 7) is 2.32. The van der Waals surface area contributed by atoms with E-state index in [-0.39, 0.29) is 0 Å². The van der Waals surface area contributed by atoms with Crippen molar-refractivity contribution in [2.45, 2.75) is 19.4 Å². The second-order valence-electron chi connectivity index (χ2n) is 2.42. The van der Waals surface area contributed by atoms with Gasteiger partial charge in [0.15, 0.2) is 0 Å². The van der Waals surface area contributed by atoms with Crippen molar-refractivity contribution in [3.63, 3.8) is 0 Å². The SMILES string of the molecule is CC(=N)N1CCC1C(=O)O. The largest absolute Gasteiger partial charge is 0.480 e. The van der Waals surface area contributed by atoms with E-state index in [1.165, 1.54) is 0 Å². The summed E-state index contributed by atoms with van der Waals surface area (Å²) < 4.78 is 0. The Morgan fingerprint density at radius 2 is 2.40 bits per heavy atom. The molecule has 1 fully saturated rings. The minimum absolute atomic E-state index is 0.346. The molecule has 4 nitrogen and oxygen atoms in total. The van der Waals surface area contributed by atoms with Gasteiger partial charge in [0.05, 0.1) is 5.84 Å². The van der Waals surface area contributed by atoms with Gasteiger partial charge in [0.25, 0.3) is 0 Å². The Morgan fingerprint density at radius 3 is 2.50 bits per heavy atom. The highest BCUT2D eigenvalue weighted by molar-refractivity contribution is 5.85. The Labute approximate surface area is 59.0 Å². The van der Waals surface area contributed by atoms with E-state index < -0.39 is 12.0 Å². The molecule has 0 spiro atoms. The van der Waals surface area contributed by atoms with Gasteiger partial charge in [0.2, 0.25) is 0 Å². The van der Waals surface area contributed by atoms with E-state index in [0.29, 0.717) is 18.8 Å². The number of nitrogens with one attached hydrogen (secondary N) is 1. The van der Waals surface area contributed by atoms with Crippen LogP contribution in [0.15, 0.2) is 0 Å². The summed E-state index contributed by atoms with van der Waals surface area (Å²) in [7, 11) is 0. The maximum Gasteiger partial charge on any atom is 0.326 e. The summed E-state index contributed by atoms with van der Waals surface area (Å²) in [6.07, 6.45) is 0.672. The van der Waals surface area contributed by atoms with Crippen LogP contribution in [0, 0.1) is 5.41 Å². The number of carbonyl (C=O) groups is 1. The van der Waals surface area contributed by atoms with E-state index in [9.17, 15) is 4.79 Å². The van der Waals surface area contributed by atoms with Crippen molar-refractivity contribution in [2.75, 3.05) is 6.54 Å². The lowest BCUT2D eigenvalue weighted by molar-refractivity contribution is -0.145. The number of hydrogen-bond donors (Lipinski definition) is 2. The Bertz CT molecular complexity index is 159. The van der Waals surface area contributed by atoms with Gasteiger partial charge in [-0.1, -0.05) is 0 Å². The van der Waals surface area contributed by atoms with Crippen LogP contribution >= 0.6 is 0 Å². The van der Waals surface area contributed by atoms with Crippen LogP contribution in [0.4, 0.5) is 0 Å². The average molecular weight is 142 g/mol. The maximum atomic E-state index is 10.4. The van der Waals surface area contributed by atoms with Gasteiger partial charge < -0.3 is 10.0 Å². The van der Waals surface area contributed by atoms with Crippen LogP contribution in [0.5, 0.6) is 0 Å². The third-order valence-corrected chi connectivity index (χ3v) is 1.74. The van der Waals surface area contributed by atoms with Crippen molar-refractivity contribution in [3.8, 4) is 0 Å². The molecule has 0 aliphatic carbocycles. The van der Waals surface area contributed by atoms with Gasteiger partial charge in [-0.05, 0) is 13.3 Å². The molecule has 4 heteroatoms. The number of aliphatic carboxylic acids is 1. The van der Waals surface area contributed by atoms with Crippen molar-refractivity contribution in [2.24, 2.45) is 0 Å². The molecule has 1 rings (SSSR count). The minimum Gasteiger partial charge on any atom is -0.480 e. The Morgan fingerprint density at radius 1 is 1.80 bits per heavy atom. The highest BCUT2D eigenvalue weighted by Gasteiger charge is 2.33. The van der Waals surface area contributed by atoms with E-state index >= 15 is 0 Å². The standard InChI is InChI=1S/C6H10N2O2/c1-4(7)8-3-2-5(8)6(9)10/h5,7H,2-3H2,1H3,(H,9,10). The summed E-state index contributed by atoms with van der Waals surface area (Å²) in [6, 6.07) is -0.433. The second-order valence-corrected chi connectivity index (χ2v) is 2.42. The molecule has 0 aromatic rings. The van der Waals surface area contributed by atoms with Crippen LogP contribution in [0.1, 0.15) is 13.3 Å². The van der Waals surface area contributed by atoms with Gasteiger partial charge in [-0.3, -0.25) is 5.41 Å². The summed E-state index contributed by atoms with van der Waals surface area (Å²) >= 11 is 0. The van der Waals surface area contributed by atoms with Crippen LogP contribution in [-0.4, -0.2) is 34.4 Å². The zero-order valence-corrected chi connectivity index (χ0v) is 5.79. The van der Waals surface area contributed by atoms with E-state index in [0.717, 1.165) is 0 Å². The second kappa shape index (κ2) is 2.28. The molecule has 0 radical (unpaired) electrons. The number of hydrogen-bond acceptors (Lipinski definition) is 2. The predicted octanol–water partition coefficient (Wildman–Crippen LogP) is 0.142. The minimum atomic E-state index is -0.821. The first kappa shape index (κ1) is 7.05. The number of amidine groups is 1. The molecule has 2 N–H and O–H groups in total. The Hall–Kier alpha value is -1.06. The van der Waals surface area contributed by atoms with Crippen molar-refractivity contribution in [1.82, 2.24) is 4.90 Å². The van der Waals surface area contributed by atoms with Crippen LogP contribution in [0.3, 0.4) is 0 Å². The average Bonchev–Trinajstić information content (AvgIpc) is 1.56. The maximum absolute atomic E-state index is 10.4. The summed E-state index contributed by atoms with van der Waals surface area (Å²) in [5.41, 5.74) is 0. The van der Waals surface area contributed by atoms with E-state index in [4.69, 9.17) is 10.5 Å². The van der Waals surface area contributed by atoms with Gasteiger partial charge in [0, 0.05) is 6.54 Å². The monoisotopic (exact) mass is 142 g/mol.